The molecule has 7 nitrogen and oxygen atoms in total. The van der Waals surface area contributed by atoms with Gasteiger partial charge in [-0.3, -0.25) is 9.59 Å². The van der Waals surface area contributed by atoms with Crippen molar-refractivity contribution < 1.29 is 28.5 Å². The third kappa shape index (κ3) is 4.18. The summed E-state index contributed by atoms with van der Waals surface area (Å²) >= 11 is 6.14. The molecule has 8 heteroatoms. The number of ether oxygens (including phenoxy) is 4. The molecule has 34 heavy (non-hydrogen) atoms. The van der Waals surface area contributed by atoms with Gasteiger partial charge in [-0.1, -0.05) is 11.6 Å². The lowest BCUT2D eigenvalue weighted by atomic mass is 9.98. The molecule has 0 radical (unpaired) electrons. The lowest BCUT2D eigenvalue weighted by Gasteiger charge is -2.14. The Labute approximate surface area is 201 Å². The third-order valence-corrected chi connectivity index (χ3v) is 5.72. The predicted octanol–water partition coefficient (Wildman–Crippen LogP) is 5.10. The Balaban J connectivity index is 1.79. The van der Waals surface area contributed by atoms with E-state index in [-0.39, 0.29) is 11.7 Å². The van der Waals surface area contributed by atoms with Crippen molar-refractivity contribution >= 4 is 40.6 Å². The molecular weight excluding hydrogens is 458 g/mol. The van der Waals surface area contributed by atoms with Crippen LogP contribution in [-0.2, 0) is 4.79 Å². The second kappa shape index (κ2) is 9.49. The number of halogens is 1. The zero-order valence-corrected chi connectivity index (χ0v) is 19.8. The SMILES string of the molecule is COc1ccc(C(=O)c2cc(OC)c(OC)c(OC)c2)cc1/C=C1/C(=O)Nc2ccc(Cl)cc21. The number of amides is 1. The van der Waals surface area contributed by atoms with Gasteiger partial charge in [0.2, 0.25) is 5.75 Å². The summed E-state index contributed by atoms with van der Waals surface area (Å²) in [6.45, 7) is 0. The zero-order valence-electron chi connectivity index (χ0n) is 19.0. The minimum atomic E-state index is -0.263. The van der Waals surface area contributed by atoms with Crippen molar-refractivity contribution in [2.45, 2.75) is 0 Å². The number of methoxy groups -OCH3 is 4. The standard InChI is InChI=1S/C26H22ClNO6/c1-31-21-8-5-14(24(29)16-11-22(32-2)25(34-4)23(12-16)33-3)9-15(21)10-19-18-13-17(27)6-7-20(18)28-26(19)30/h5-13H,1-4H3,(H,28,30)/b19-10+. The van der Waals surface area contributed by atoms with Crippen LogP contribution < -0.4 is 24.3 Å². The Kier molecular flexibility index (Phi) is 6.47. The van der Waals surface area contributed by atoms with Crippen LogP contribution in [0.5, 0.6) is 23.0 Å². The Hall–Kier alpha value is -3.97. The highest BCUT2D eigenvalue weighted by atomic mass is 35.5. The van der Waals surface area contributed by atoms with Crippen molar-refractivity contribution in [1.29, 1.82) is 0 Å². The van der Waals surface area contributed by atoms with Gasteiger partial charge in [0.05, 0.1) is 28.4 Å². The van der Waals surface area contributed by atoms with Gasteiger partial charge >= 0.3 is 0 Å². The maximum absolute atomic E-state index is 13.4. The quantitative estimate of drug-likeness (QED) is 0.375. The maximum atomic E-state index is 13.4. The van der Waals surface area contributed by atoms with E-state index in [0.29, 0.717) is 61.5 Å². The molecular formula is C26H22ClNO6. The maximum Gasteiger partial charge on any atom is 0.256 e. The van der Waals surface area contributed by atoms with E-state index in [1.807, 2.05) is 0 Å². The molecule has 1 amide bonds. The highest BCUT2D eigenvalue weighted by Gasteiger charge is 2.25. The molecule has 1 N–H and O–H groups in total. The van der Waals surface area contributed by atoms with Gasteiger partial charge in [-0.05, 0) is 54.6 Å². The van der Waals surface area contributed by atoms with E-state index < -0.39 is 0 Å². The van der Waals surface area contributed by atoms with Crippen molar-refractivity contribution in [1.82, 2.24) is 0 Å². The molecule has 1 aliphatic rings. The molecule has 0 aliphatic carbocycles. The molecule has 174 valence electrons. The number of anilines is 1. The average molecular weight is 480 g/mol. The van der Waals surface area contributed by atoms with Crippen LogP contribution in [0.25, 0.3) is 11.6 Å². The zero-order chi connectivity index (χ0) is 24.4. The number of ketones is 1. The molecule has 3 aromatic carbocycles. The topological polar surface area (TPSA) is 83.1 Å². The van der Waals surface area contributed by atoms with Crippen LogP contribution in [0.3, 0.4) is 0 Å². The summed E-state index contributed by atoms with van der Waals surface area (Å²) in [4.78, 5) is 26.0. The molecule has 3 aromatic rings. The lowest BCUT2D eigenvalue weighted by Crippen LogP contribution is -2.06. The largest absolute Gasteiger partial charge is 0.496 e. The number of carbonyl (C=O) groups excluding carboxylic acids is 2. The number of fused-ring (bicyclic) bond motifs is 1. The van der Waals surface area contributed by atoms with Crippen molar-refractivity contribution in [2.24, 2.45) is 0 Å². The molecule has 1 aliphatic heterocycles. The number of rotatable bonds is 7. The first-order valence-electron chi connectivity index (χ1n) is 10.3. The number of nitrogens with one attached hydrogen (secondary N) is 1. The molecule has 0 spiro atoms. The van der Waals surface area contributed by atoms with Gasteiger partial charge in [0.1, 0.15) is 5.75 Å². The van der Waals surface area contributed by atoms with E-state index in [4.69, 9.17) is 30.5 Å². The minimum Gasteiger partial charge on any atom is -0.496 e. The number of carbonyl (C=O) groups is 2. The van der Waals surface area contributed by atoms with Gasteiger partial charge in [-0.2, -0.15) is 0 Å². The molecule has 0 aromatic heterocycles. The Morgan fingerprint density at radius 2 is 1.50 bits per heavy atom. The highest BCUT2D eigenvalue weighted by Crippen LogP contribution is 2.39. The van der Waals surface area contributed by atoms with Crippen molar-refractivity contribution in [2.75, 3.05) is 33.8 Å². The van der Waals surface area contributed by atoms with Gasteiger partial charge in [0.25, 0.3) is 5.91 Å². The summed E-state index contributed by atoms with van der Waals surface area (Å²) in [5, 5.41) is 3.33. The molecule has 0 saturated carbocycles. The van der Waals surface area contributed by atoms with Gasteiger partial charge in [0.15, 0.2) is 17.3 Å². The lowest BCUT2D eigenvalue weighted by molar-refractivity contribution is -0.110. The summed E-state index contributed by atoms with van der Waals surface area (Å²) in [7, 11) is 5.99. The first-order chi connectivity index (χ1) is 16.4. The fourth-order valence-electron chi connectivity index (χ4n) is 3.83. The molecule has 0 bridgehead atoms. The van der Waals surface area contributed by atoms with E-state index >= 15 is 0 Å². The van der Waals surface area contributed by atoms with Crippen LogP contribution in [0, 0.1) is 0 Å². The van der Waals surface area contributed by atoms with E-state index in [1.54, 1.807) is 54.6 Å². The van der Waals surface area contributed by atoms with Crippen molar-refractivity contribution in [3.05, 3.63) is 75.8 Å². The van der Waals surface area contributed by atoms with Gasteiger partial charge < -0.3 is 24.3 Å². The Morgan fingerprint density at radius 1 is 0.824 bits per heavy atom. The van der Waals surface area contributed by atoms with Gasteiger partial charge in [0, 0.05) is 38.5 Å². The Morgan fingerprint density at radius 3 is 2.12 bits per heavy atom. The van der Waals surface area contributed by atoms with Crippen LogP contribution in [0.4, 0.5) is 5.69 Å². The highest BCUT2D eigenvalue weighted by molar-refractivity contribution is 6.36. The minimum absolute atomic E-state index is 0.263. The fraction of sp³-hybridized carbons (Fsp3) is 0.154. The summed E-state index contributed by atoms with van der Waals surface area (Å²) < 4.78 is 21.5. The molecule has 0 unspecified atom stereocenters. The van der Waals surface area contributed by atoms with Gasteiger partial charge in [-0.15, -0.1) is 0 Å². The van der Waals surface area contributed by atoms with Crippen molar-refractivity contribution in [3.63, 3.8) is 0 Å². The van der Waals surface area contributed by atoms with E-state index in [0.717, 1.165) is 0 Å². The Bertz CT molecular complexity index is 1310. The molecule has 0 atom stereocenters. The summed E-state index contributed by atoms with van der Waals surface area (Å²) in [5.74, 6) is 1.12. The van der Waals surface area contributed by atoms with Crippen LogP contribution >= 0.6 is 11.6 Å². The fourth-order valence-corrected chi connectivity index (χ4v) is 4.00. The van der Waals surface area contributed by atoms with E-state index in [9.17, 15) is 9.59 Å². The predicted molar refractivity (Wildman–Crippen MR) is 130 cm³/mol. The van der Waals surface area contributed by atoms with E-state index in [2.05, 4.69) is 5.32 Å². The molecule has 4 rings (SSSR count). The summed E-state index contributed by atoms with van der Waals surface area (Å²) in [6, 6.07) is 13.4. The van der Waals surface area contributed by atoms with Crippen LogP contribution in [0.15, 0.2) is 48.5 Å². The number of hydrogen-bond donors (Lipinski definition) is 1. The van der Waals surface area contributed by atoms with Crippen LogP contribution in [-0.4, -0.2) is 40.1 Å². The smallest absolute Gasteiger partial charge is 0.256 e. The number of hydrogen-bond acceptors (Lipinski definition) is 6. The summed E-state index contributed by atoms with van der Waals surface area (Å²) in [6.07, 6.45) is 1.68. The third-order valence-electron chi connectivity index (χ3n) is 5.48. The van der Waals surface area contributed by atoms with Crippen LogP contribution in [0.2, 0.25) is 5.02 Å². The molecule has 0 fully saturated rings. The second-order valence-corrected chi connectivity index (χ2v) is 7.84. The van der Waals surface area contributed by atoms with E-state index in [1.165, 1.54) is 28.4 Å². The second-order valence-electron chi connectivity index (χ2n) is 7.40. The van der Waals surface area contributed by atoms with Crippen molar-refractivity contribution in [3.8, 4) is 23.0 Å². The average Bonchev–Trinajstić information content (AvgIpc) is 3.16. The normalized spacial score (nSPS) is 13.3. The first kappa shape index (κ1) is 23.2. The number of benzene rings is 3. The molecule has 1 heterocycles. The molecule has 0 saturated heterocycles. The first-order valence-corrected chi connectivity index (χ1v) is 10.6. The van der Waals surface area contributed by atoms with Crippen LogP contribution in [0.1, 0.15) is 27.0 Å². The summed E-state index contributed by atoms with van der Waals surface area (Å²) in [5.41, 5.74) is 3.10. The monoisotopic (exact) mass is 479 g/mol. The van der Waals surface area contributed by atoms with Gasteiger partial charge in [-0.25, -0.2) is 0 Å².